The van der Waals surface area contributed by atoms with Crippen LogP contribution in [0.15, 0.2) is 0 Å². The number of hydrogen-bond acceptors (Lipinski definition) is 3. The summed E-state index contributed by atoms with van der Waals surface area (Å²) < 4.78 is 4.68. The molecule has 0 fully saturated rings. The van der Waals surface area contributed by atoms with Crippen molar-refractivity contribution < 1.29 is 9.53 Å². The molecular weight excluding hydrogens is 156 g/mol. The van der Waals surface area contributed by atoms with Crippen LogP contribution in [0.4, 0.5) is 0 Å². The van der Waals surface area contributed by atoms with Crippen LogP contribution in [0.3, 0.4) is 0 Å². The van der Waals surface area contributed by atoms with Crippen molar-refractivity contribution in [2.75, 3.05) is 20.3 Å². The Labute approximate surface area is 73.5 Å². The van der Waals surface area contributed by atoms with E-state index in [0.717, 1.165) is 0 Å². The Bertz CT molecular complexity index is 137. The van der Waals surface area contributed by atoms with Crippen molar-refractivity contribution in [1.82, 2.24) is 5.32 Å². The Kier molecular flexibility index (Phi) is 5.66. The predicted molar refractivity (Wildman–Crippen MR) is 47.7 cm³/mol. The van der Waals surface area contributed by atoms with Gasteiger partial charge in [-0.25, -0.2) is 0 Å². The van der Waals surface area contributed by atoms with E-state index in [4.69, 9.17) is 5.73 Å². The molecule has 0 aliphatic rings. The van der Waals surface area contributed by atoms with E-state index in [1.807, 2.05) is 13.8 Å². The van der Waals surface area contributed by atoms with Crippen LogP contribution in [0.1, 0.15) is 13.8 Å². The highest BCUT2D eigenvalue weighted by molar-refractivity contribution is 5.77. The number of hydrogen-bond donors (Lipinski definition) is 2. The SMILES string of the molecule is COCC(=O)NC(CN)C(C)C. The smallest absolute Gasteiger partial charge is 0.246 e. The third-order valence-electron chi connectivity index (χ3n) is 1.68. The molecule has 0 aromatic heterocycles. The topological polar surface area (TPSA) is 64.3 Å². The average molecular weight is 174 g/mol. The van der Waals surface area contributed by atoms with Crippen LogP contribution in [-0.4, -0.2) is 32.2 Å². The molecule has 4 nitrogen and oxygen atoms in total. The van der Waals surface area contributed by atoms with E-state index in [2.05, 4.69) is 10.1 Å². The summed E-state index contributed by atoms with van der Waals surface area (Å²) in [6, 6.07) is 0.0487. The van der Waals surface area contributed by atoms with E-state index in [-0.39, 0.29) is 18.6 Å². The minimum absolute atomic E-state index is 0.0487. The molecule has 0 radical (unpaired) electrons. The number of carbonyl (C=O) groups excluding carboxylic acids is 1. The third kappa shape index (κ3) is 4.31. The maximum Gasteiger partial charge on any atom is 0.246 e. The fourth-order valence-corrected chi connectivity index (χ4v) is 0.877. The molecule has 0 saturated heterocycles. The van der Waals surface area contributed by atoms with Gasteiger partial charge >= 0.3 is 0 Å². The lowest BCUT2D eigenvalue weighted by Gasteiger charge is -2.19. The van der Waals surface area contributed by atoms with E-state index < -0.39 is 0 Å². The highest BCUT2D eigenvalue weighted by atomic mass is 16.5. The number of rotatable bonds is 5. The summed E-state index contributed by atoms with van der Waals surface area (Å²) >= 11 is 0. The summed E-state index contributed by atoms with van der Waals surface area (Å²) in [7, 11) is 1.49. The molecule has 0 heterocycles. The molecule has 0 spiro atoms. The minimum Gasteiger partial charge on any atom is -0.375 e. The van der Waals surface area contributed by atoms with Crippen LogP contribution in [0.5, 0.6) is 0 Å². The van der Waals surface area contributed by atoms with E-state index in [9.17, 15) is 4.79 Å². The summed E-state index contributed by atoms with van der Waals surface area (Å²) in [6.07, 6.45) is 0. The maximum atomic E-state index is 11.0. The molecule has 1 unspecified atom stereocenters. The third-order valence-corrected chi connectivity index (χ3v) is 1.68. The number of carbonyl (C=O) groups is 1. The minimum atomic E-state index is -0.110. The fourth-order valence-electron chi connectivity index (χ4n) is 0.877. The largest absolute Gasteiger partial charge is 0.375 e. The maximum absolute atomic E-state index is 11.0. The van der Waals surface area contributed by atoms with Gasteiger partial charge in [0.25, 0.3) is 0 Å². The number of nitrogens with one attached hydrogen (secondary N) is 1. The normalized spacial score (nSPS) is 13.1. The van der Waals surface area contributed by atoms with Gasteiger partial charge in [-0.05, 0) is 5.92 Å². The molecule has 1 atom stereocenters. The number of ether oxygens (including phenoxy) is 1. The van der Waals surface area contributed by atoms with E-state index in [1.165, 1.54) is 7.11 Å². The molecule has 12 heavy (non-hydrogen) atoms. The molecule has 4 heteroatoms. The zero-order valence-corrected chi connectivity index (χ0v) is 7.96. The molecule has 3 N–H and O–H groups in total. The molecular formula is C8H18N2O2. The summed E-state index contributed by atoms with van der Waals surface area (Å²) in [6.45, 7) is 4.60. The monoisotopic (exact) mass is 174 g/mol. The summed E-state index contributed by atoms with van der Waals surface area (Å²) in [4.78, 5) is 11.0. The van der Waals surface area contributed by atoms with Gasteiger partial charge in [0.05, 0.1) is 0 Å². The van der Waals surface area contributed by atoms with Crippen molar-refractivity contribution >= 4 is 5.91 Å². The van der Waals surface area contributed by atoms with Crippen molar-refractivity contribution in [1.29, 1.82) is 0 Å². The summed E-state index contributed by atoms with van der Waals surface area (Å²) in [5.74, 6) is 0.248. The number of nitrogens with two attached hydrogens (primary N) is 1. The van der Waals surface area contributed by atoms with Crippen molar-refractivity contribution in [2.45, 2.75) is 19.9 Å². The number of methoxy groups -OCH3 is 1. The van der Waals surface area contributed by atoms with Gasteiger partial charge in [0.15, 0.2) is 0 Å². The summed E-state index contributed by atoms with van der Waals surface area (Å²) in [5, 5.41) is 2.78. The molecule has 72 valence electrons. The predicted octanol–water partition coefficient (Wildman–Crippen LogP) is -0.268. The zero-order chi connectivity index (χ0) is 9.56. The summed E-state index contributed by atoms with van der Waals surface area (Å²) in [5.41, 5.74) is 5.46. The Hall–Kier alpha value is -0.610. The Balaban J connectivity index is 3.77. The first kappa shape index (κ1) is 11.4. The lowest BCUT2D eigenvalue weighted by atomic mass is 10.1. The Morgan fingerprint density at radius 1 is 1.58 bits per heavy atom. The first-order chi connectivity index (χ1) is 5.61. The zero-order valence-electron chi connectivity index (χ0n) is 7.96. The van der Waals surface area contributed by atoms with Gasteiger partial charge in [0, 0.05) is 19.7 Å². The molecule has 0 aliphatic carbocycles. The molecule has 0 saturated carbocycles. The second-order valence-electron chi connectivity index (χ2n) is 3.09. The van der Waals surface area contributed by atoms with Crippen LogP contribution in [0.2, 0.25) is 0 Å². The first-order valence-corrected chi connectivity index (χ1v) is 4.10. The van der Waals surface area contributed by atoms with Crippen LogP contribution < -0.4 is 11.1 Å². The molecule has 0 aliphatic heterocycles. The van der Waals surface area contributed by atoms with Gasteiger partial charge in [0.2, 0.25) is 5.91 Å². The Morgan fingerprint density at radius 2 is 2.17 bits per heavy atom. The fraction of sp³-hybridized carbons (Fsp3) is 0.875. The van der Waals surface area contributed by atoms with Gasteiger partial charge in [0.1, 0.15) is 6.61 Å². The quantitative estimate of drug-likeness (QED) is 0.603. The highest BCUT2D eigenvalue weighted by Gasteiger charge is 2.13. The first-order valence-electron chi connectivity index (χ1n) is 4.10. The average Bonchev–Trinajstić information content (AvgIpc) is 2.00. The van der Waals surface area contributed by atoms with E-state index in [1.54, 1.807) is 0 Å². The van der Waals surface area contributed by atoms with Gasteiger partial charge in [-0.1, -0.05) is 13.8 Å². The molecule has 0 aromatic rings. The second kappa shape index (κ2) is 5.97. The lowest BCUT2D eigenvalue weighted by Crippen LogP contribution is -2.44. The van der Waals surface area contributed by atoms with Crippen LogP contribution in [-0.2, 0) is 9.53 Å². The van der Waals surface area contributed by atoms with Gasteiger partial charge < -0.3 is 15.8 Å². The van der Waals surface area contributed by atoms with Gasteiger partial charge in [-0.2, -0.15) is 0 Å². The number of amides is 1. The van der Waals surface area contributed by atoms with E-state index >= 15 is 0 Å². The lowest BCUT2D eigenvalue weighted by molar-refractivity contribution is -0.125. The van der Waals surface area contributed by atoms with Crippen LogP contribution in [0.25, 0.3) is 0 Å². The van der Waals surface area contributed by atoms with Crippen molar-refractivity contribution in [3.05, 3.63) is 0 Å². The molecule has 1 amide bonds. The van der Waals surface area contributed by atoms with Crippen molar-refractivity contribution in [3.8, 4) is 0 Å². The standard InChI is InChI=1S/C8H18N2O2/c1-6(2)7(4-9)10-8(11)5-12-3/h6-7H,4-5,9H2,1-3H3,(H,10,11). The molecule has 0 rings (SSSR count). The van der Waals surface area contributed by atoms with Gasteiger partial charge in [-0.15, -0.1) is 0 Å². The molecule has 0 bridgehead atoms. The molecule has 0 aromatic carbocycles. The van der Waals surface area contributed by atoms with Gasteiger partial charge in [-0.3, -0.25) is 4.79 Å². The highest BCUT2D eigenvalue weighted by Crippen LogP contribution is 1.98. The Morgan fingerprint density at radius 3 is 2.50 bits per heavy atom. The van der Waals surface area contributed by atoms with Crippen molar-refractivity contribution in [2.24, 2.45) is 11.7 Å². The van der Waals surface area contributed by atoms with Crippen LogP contribution >= 0.6 is 0 Å². The van der Waals surface area contributed by atoms with Crippen molar-refractivity contribution in [3.63, 3.8) is 0 Å². The van der Waals surface area contributed by atoms with E-state index in [0.29, 0.717) is 12.5 Å². The second-order valence-corrected chi connectivity index (χ2v) is 3.09. The van der Waals surface area contributed by atoms with Crippen LogP contribution in [0, 0.1) is 5.92 Å².